The summed E-state index contributed by atoms with van der Waals surface area (Å²) in [5.74, 6) is 1.05. The van der Waals surface area contributed by atoms with Crippen LogP contribution in [0.2, 0.25) is 0 Å². The highest BCUT2D eigenvalue weighted by atomic mass is 16.1. The molecular weight excluding hydrogens is 310 g/mol. The molecule has 2 aromatic carbocycles. The molecule has 1 N–H and O–H groups in total. The average molecular weight is 331 g/mol. The number of nitrogens with one attached hydrogen (secondary N) is 1. The summed E-state index contributed by atoms with van der Waals surface area (Å²) in [6.07, 6.45) is 1.74. The van der Waals surface area contributed by atoms with Crippen molar-refractivity contribution in [2.75, 3.05) is 5.32 Å². The molecule has 126 valence electrons. The fourth-order valence-electron chi connectivity index (χ4n) is 2.60. The first-order chi connectivity index (χ1) is 12.0. The fourth-order valence-corrected chi connectivity index (χ4v) is 2.60. The van der Waals surface area contributed by atoms with E-state index in [4.69, 9.17) is 0 Å². The Morgan fingerprint density at radius 2 is 1.80 bits per heavy atom. The molecule has 4 heteroatoms. The molecule has 0 saturated heterocycles. The zero-order chi connectivity index (χ0) is 17.8. The van der Waals surface area contributed by atoms with Gasteiger partial charge >= 0.3 is 0 Å². The normalized spacial score (nSPS) is 10.7. The van der Waals surface area contributed by atoms with Gasteiger partial charge in [-0.3, -0.25) is 4.79 Å². The molecule has 4 nitrogen and oxygen atoms in total. The first kappa shape index (κ1) is 16.8. The van der Waals surface area contributed by atoms with E-state index in [1.807, 2.05) is 61.5 Å². The molecule has 25 heavy (non-hydrogen) atoms. The highest BCUT2D eigenvalue weighted by Crippen LogP contribution is 2.21. The summed E-state index contributed by atoms with van der Waals surface area (Å²) in [4.78, 5) is 21.0. The third-order valence-corrected chi connectivity index (χ3v) is 4.03. The van der Waals surface area contributed by atoms with Crippen molar-refractivity contribution in [3.05, 3.63) is 77.7 Å². The van der Waals surface area contributed by atoms with Gasteiger partial charge < -0.3 is 5.32 Å². The summed E-state index contributed by atoms with van der Waals surface area (Å²) in [5, 5.41) is 2.95. The van der Waals surface area contributed by atoms with E-state index in [1.54, 1.807) is 6.20 Å². The van der Waals surface area contributed by atoms with Gasteiger partial charge in [-0.15, -0.1) is 0 Å². The highest BCUT2D eigenvalue weighted by molar-refractivity contribution is 6.04. The van der Waals surface area contributed by atoms with Crippen molar-refractivity contribution in [2.24, 2.45) is 0 Å². The Morgan fingerprint density at radius 1 is 1.04 bits per heavy atom. The molecule has 0 saturated carbocycles. The largest absolute Gasteiger partial charge is 0.322 e. The van der Waals surface area contributed by atoms with Gasteiger partial charge in [0.2, 0.25) is 0 Å². The number of nitrogens with zero attached hydrogens (tertiary/aromatic N) is 2. The van der Waals surface area contributed by atoms with E-state index in [0.717, 1.165) is 22.8 Å². The highest BCUT2D eigenvalue weighted by Gasteiger charge is 2.08. The van der Waals surface area contributed by atoms with E-state index in [1.165, 1.54) is 5.56 Å². The van der Waals surface area contributed by atoms with Gasteiger partial charge in [-0.2, -0.15) is 0 Å². The van der Waals surface area contributed by atoms with Crippen LogP contribution < -0.4 is 5.32 Å². The lowest BCUT2D eigenvalue weighted by Gasteiger charge is -2.09. The van der Waals surface area contributed by atoms with Crippen LogP contribution >= 0.6 is 0 Å². The number of hydrogen-bond donors (Lipinski definition) is 1. The van der Waals surface area contributed by atoms with Crippen LogP contribution in [0.1, 0.15) is 41.5 Å². The summed E-state index contributed by atoms with van der Waals surface area (Å²) in [6.45, 7) is 6.13. The topological polar surface area (TPSA) is 54.9 Å². The molecule has 0 aliphatic carbocycles. The van der Waals surface area contributed by atoms with Gasteiger partial charge in [0.15, 0.2) is 0 Å². The summed E-state index contributed by atoms with van der Waals surface area (Å²) < 4.78 is 0. The molecule has 0 bridgehead atoms. The van der Waals surface area contributed by atoms with Crippen molar-refractivity contribution in [3.8, 4) is 11.3 Å². The Bertz CT molecular complexity index is 886. The minimum Gasteiger partial charge on any atom is -0.322 e. The van der Waals surface area contributed by atoms with Crippen molar-refractivity contribution in [2.45, 2.75) is 26.7 Å². The van der Waals surface area contributed by atoms with E-state index in [-0.39, 0.29) is 5.91 Å². The number of amides is 1. The zero-order valence-electron chi connectivity index (χ0n) is 14.7. The fraction of sp³-hybridized carbons (Fsp3) is 0.190. The standard InChI is InChI=1S/C21H21N3O/c1-14(2)16-7-9-17(10-8-16)21(25)24-19-6-4-5-18(13-19)20-11-12-22-15(3)23-20/h4-14H,1-3H3,(H,24,25). The van der Waals surface area contributed by atoms with E-state index in [2.05, 4.69) is 29.1 Å². The third kappa shape index (κ3) is 4.10. The third-order valence-electron chi connectivity index (χ3n) is 4.03. The number of aryl methyl sites for hydroxylation is 1. The molecule has 3 aromatic rings. The molecule has 0 fully saturated rings. The van der Waals surface area contributed by atoms with Crippen molar-refractivity contribution < 1.29 is 4.79 Å². The minimum absolute atomic E-state index is 0.119. The molecule has 0 aliphatic heterocycles. The maximum absolute atomic E-state index is 12.5. The molecule has 3 rings (SSSR count). The monoisotopic (exact) mass is 331 g/mol. The summed E-state index contributed by atoms with van der Waals surface area (Å²) in [6, 6.07) is 17.3. The molecule has 0 aliphatic rings. The molecule has 0 radical (unpaired) electrons. The second-order valence-corrected chi connectivity index (χ2v) is 6.30. The number of anilines is 1. The Kier molecular flexibility index (Phi) is 4.89. The molecule has 0 atom stereocenters. The maximum Gasteiger partial charge on any atom is 0.255 e. The van der Waals surface area contributed by atoms with Gasteiger partial charge in [0, 0.05) is 23.0 Å². The number of carbonyl (C=O) groups is 1. The SMILES string of the molecule is Cc1nccc(-c2cccc(NC(=O)c3ccc(C(C)C)cc3)c2)n1. The van der Waals surface area contributed by atoms with Crippen LogP contribution in [0.25, 0.3) is 11.3 Å². The predicted molar refractivity (Wildman–Crippen MR) is 101 cm³/mol. The first-order valence-electron chi connectivity index (χ1n) is 8.34. The van der Waals surface area contributed by atoms with E-state index in [9.17, 15) is 4.79 Å². The van der Waals surface area contributed by atoms with Crippen molar-refractivity contribution in [1.29, 1.82) is 0 Å². The van der Waals surface area contributed by atoms with Crippen molar-refractivity contribution in [1.82, 2.24) is 9.97 Å². The summed E-state index contributed by atoms with van der Waals surface area (Å²) >= 11 is 0. The lowest BCUT2D eigenvalue weighted by molar-refractivity contribution is 0.102. The molecule has 0 spiro atoms. The lowest BCUT2D eigenvalue weighted by Crippen LogP contribution is -2.12. The van der Waals surface area contributed by atoms with Gasteiger partial charge in [-0.1, -0.05) is 38.1 Å². The van der Waals surface area contributed by atoms with Crippen LogP contribution in [-0.4, -0.2) is 15.9 Å². The van der Waals surface area contributed by atoms with Gasteiger partial charge in [0.25, 0.3) is 5.91 Å². The minimum atomic E-state index is -0.119. The summed E-state index contributed by atoms with van der Waals surface area (Å²) in [7, 11) is 0. The second-order valence-electron chi connectivity index (χ2n) is 6.30. The lowest BCUT2D eigenvalue weighted by atomic mass is 10.0. The first-order valence-corrected chi connectivity index (χ1v) is 8.34. The number of hydrogen-bond acceptors (Lipinski definition) is 3. The predicted octanol–water partition coefficient (Wildman–Crippen LogP) is 4.83. The molecule has 0 unspecified atom stereocenters. The van der Waals surface area contributed by atoms with Gasteiger partial charge in [0.1, 0.15) is 5.82 Å². The van der Waals surface area contributed by atoms with E-state index >= 15 is 0 Å². The van der Waals surface area contributed by atoms with Crippen LogP contribution in [-0.2, 0) is 0 Å². The summed E-state index contributed by atoms with van der Waals surface area (Å²) in [5.41, 5.74) is 4.39. The van der Waals surface area contributed by atoms with Crippen LogP contribution in [0.15, 0.2) is 60.8 Å². The van der Waals surface area contributed by atoms with Gasteiger partial charge in [-0.25, -0.2) is 9.97 Å². The van der Waals surface area contributed by atoms with Gasteiger partial charge in [-0.05, 0) is 48.7 Å². The van der Waals surface area contributed by atoms with Crippen LogP contribution in [0.4, 0.5) is 5.69 Å². The molecule has 1 heterocycles. The second kappa shape index (κ2) is 7.26. The Balaban J connectivity index is 1.78. The smallest absolute Gasteiger partial charge is 0.255 e. The van der Waals surface area contributed by atoms with Crippen LogP contribution in [0, 0.1) is 6.92 Å². The van der Waals surface area contributed by atoms with Gasteiger partial charge in [0.05, 0.1) is 5.69 Å². The molecule has 1 amide bonds. The number of aromatic nitrogens is 2. The van der Waals surface area contributed by atoms with E-state index in [0.29, 0.717) is 11.5 Å². The Morgan fingerprint density at radius 3 is 2.48 bits per heavy atom. The van der Waals surface area contributed by atoms with Crippen molar-refractivity contribution >= 4 is 11.6 Å². The number of rotatable bonds is 4. The number of carbonyl (C=O) groups excluding carboxylic acids is 1. The van der Waals surface area contributed by atoms with E-state index < -0.39 is 0 Å². The Hall–Kier alpha value is -3.01. The molecular formula is C21H21N3O. The zero-order valence-corrected chi connectivity index (χ0v) is 14.7. The molecule has 1 aromatic heterocycles. The maximum atomic E-state index is 12.5. The van der Waals surface area contributed by atoms with Crippen LogP contribution in [0.3, 0.4) is 0 Å². The number of benzene rings is 2. The quantitative estimate of drug-likeness (QED) is 0.745. The van der Waals surface area contributed by atoms with Crippen LogP contribution in [0.5, 0.6) is 0 Å². The van der Waals surface area contributed by atoms with Crippen molar-refractivity contribution in [3.63, 3.8) is 0 Å². The average Bonchev–Trinajstić information content (AvgIpc) is 2.62. The Labute approximate surface area is 148 Å².